The average Bonchev–Trinajstić information content (AvgIpc) is 2.31. The van der Waals surface area contributed by atoms with Crippen molar-refractivity contribution in [2.75, 3.05) is 5.75 Å². The fourth-order valence-electron chi connectivity index (χ4n) is 0.715. The Morgan fingerprint density at radius 2 is 2.60 bits per heavy atom. The van der Waals surface area contributed by atoms with Crippen molar-refractivity contribution in [3.05, 3.63) is 24.0 Å². The molecule has 0 saturated carbocycles. The SMILES string of the molecule is Cn1cc(C=CCS)cn1. The van der Waals surface area contributed by atoms with Gasteiger partial charge in [0.1, 0.15) is 0 Å². The third-order valence-electron chi connectivity index (χ3n) is 1.14. The van der Waals surface area contributed by atoms with E-state index in [0.29, 0.717) is 0 Å². The summed E-state index contributed by atoms with van der Waals surface area (Å²) in [7, 11) is 1.90. The zero-order valence-electron chi connectivity index (χ0n) is 5.86. The number of nitrogens with zero attached hydrogens (tertiary/aromatic N) is 2. The van der Waals surface area contributed by atoms with Crippen molar-refractivity contribution in [2.45, 2.75) is 0 Å². The van der Waals surface area contributed by atoms with Crippen LogP contribution in [-0.2, 0) is 7.05 Å². The molecule has 0 saturated heterocycles. The van der Waals surface area contributed by atoms with Crippen molar-refractivity contribution in [1.29, 1.82) is 0 Å². The Hall–Kier alpha value is -0.700. The lowest BCUT2D eigenvalue weighted by atomic mass is 10.3. The van der Waals surface area contributed by atoms with E-state index < -0.39 is 0 Å². The number of aromatic nitrogens is 2. The highest BCUT2D eigenvalue weighted by atomic mass is 32.1. The minimum absolute atomic E-state index is 0.773. The summed E-state index contributed by atoms with van der Waals surface area (Å²) >= 11 is 4.04. The molecule has 0 aliphatic rings. The summed E-state index contributed by atoms with van der Waals surface area (Å²) in [5.41, 5.74) is 1.12. The van der Waals surface area contributed by atoms with E-state index in [9.17, 15) is 0 Å². The molecule has 1 aromatic rings. The second-order valence-corrected chi connectivity index (χ2v) is 2.40. The van der Waals surface area contributed by atoms with Gasteiger partial charge in [-0.25, -0.2) is 0 Å². The first-order valence-corrected chi connectivity index (χ1v) is 3.72. The van der Waals surface area contributed by atoms with Gasteiger partial charge >= 0.3 is 0 Å². The van der Waals surface area contributed by atoms with Crippen molar-refractivity contribution >= 4 is 18.7 Å². The third-order valence-corrected chi connectivity index (χ3v) is 1.35. The molecule has 0 N–H and O–H groups in total. The molecular formula is C7H10N2S. The molecule has 2 nitrogen and oxygen atoms in total. The molecule has 1 rings (SSSR count). The standard InChI is InChI=1S/C7H10N2S/c1-9-6-7(5-8-9)3-2-4-10/h2-3,5-6,10H,4H2,1H3. The van der Waals surface area contributed by atoms with E-state index in [1.54, 1.807) is 4.68 Å². The molecule has 0 aliphatic heterocycles. The van der Waals surface area contributed by atoms with Crippen molar-refractivity contribution in [1.82, 2.24) is 9.78 Å². The number of hydrogen-bond acceptors (Lipinski definition) is 2. The van der Waals surface area contributed by atoms with Gasteiger partial charge in [-0.2, -0.15) is 17.7 Å². The molecule has 1 aromatic heterocycles. The fraction of sp³-hybridized carbons (Fsp3) is 0.286. The average molecular weight is 154 g/mol. The van der Waals surface area contributed by atoms with E-state index in [4.69, 9.17) is 0 Å². The molecule has 0 spiro atoms. The molecule has 0 aliphatic carbocycles. The summed E-state index contributed by atoms with van der Waals surface area (Å²) in [6.45, 7) is 0. The molecule has 0 fully saturated rings. The third kappa shape index (κ3) is 1.92. The van der Waals surface area contributed by atoms with Crippen LogP contribution in [0.3, 0.4) is 0 Å². The van der Waals surface area contributed by atoms with E-state index >= 15 is 0 Å². The summed E-state index contributed by atoms with van der Waals surface area (Å²) in [5, 5.41) is 4.01. The highest BCUT2D eigenvalue weighted by Crippen LogP contribution is 1.98. The Bertz CT molecular complexity index is 227. The first-order chi connectivity index (χ1) is 4.83. The van der Waals surface area contributed by atoms with Crippen LogP contribution in [-0.4, -0.2) is 15.5 Å². The van der Waals surface area contributed by atoms with Gasteiger partial charge in [-0.1, -0.05) is 12.2 Å². The quantitative estimate of drug-likeness (QED) is 0.637. The van der Waals surface area contributed by atoms with E-state index in [2.05, 4.69) is 17.7 Å². The number of hydrogen-bond donors (Lipinski definition) is 1. The second-order valence-electron chi connectivity index (χ2n) is 2.03. The van der Waals surface area contributed by atoms with Crippen LogP contribution in [0.2, 0.25) is 0 Å². The van der Waals surface area contributed by atoms with Crippen molar-refractivity contribution in [3.63, 3.8) is 0 Å². The van der Waals surface area contributed by atoms with Crippen LogP contribution >= 0.6 is 12.6 Å². The second kappa shape index (κ2) is 3.46. The lowest BCUT2D eigenvalue weighted by Crippen LogP contribution is -1.83. The first-order valence-electron chi connectivity index (χ1n) is 3.09. The first kappa shape index (κ1) is 7.41. The molecule has 0 bridgehead atoms. The maximum atomic E-state index is 4.04. The molecule has 0 amide bonds. The molecule has 0 aromatic carbocycles. The van der Waals surface area contributed by atoms with E-state index in [1.807, 2.05) is 31.6 Å². The van der Waals surface area contributed by atoms with E-state index in [-0.39, 0.29) is 0 Å². The maximum absolute atomic E-state index is 4.04. The van der Waals surface area contributed by atoms with E-state index in [0.717, 1.165) is 11.3 Å². The van der Waals surface area contributed by atoms with Gasteiger partial charge < -0.3 is 0 Å². The van der Waals surface area contributed by atoms with Crippen LogP contribution in [0, 0.1) is 0 Å². The fourth-order valence-corrected chi connectivity index (χ4v) is 0.820. The number of thiol groups is 1. The number of rotatable bonds is 2. The van der Waals surface area contributed by atoms with E-state index in [1.165, 1.54) is 0 Å². The zero-order valence-corrected chi connectivity index (χ0v) is 6.75. The summed E-state index contributed by atoms with van der Waals surface area (Å²) < 4.78 is 1.78. The largest absolute Gasteiger partial charge is 0.275 e. The number of aryl methyl sites for hydroxylation is 1. The van der Waals surface area contributed by atoms with Gasteiger partial charge in [0, 0.05) is 24.6 Å². The lowest BCUT2D eigenvalue weighted by molar-refractivity contribution is 0.767. The Labute approximate surface area is 66.0 Å². The summed E-state index contributed by atoms with van der Waals surface area (Å²) in [5.74, 6) is 0.773. The van der Waals surface area contributed by atoms with Crippen molar-refractivity contribution in [3.8, 4) is 0 Å². The molecule has 10 heavy (non-hydrogen) atoms. The van der Waals surface area contributed by atoms with Crippen molar-refractivity contribution < 1.29 is 0 Å². The van der Waals surface area contributed by atoms with Crippen LogP contribution in [0.4, 0.5) is 0 Å². The van der Waals surface area contributed by atoms with Gasteiger partial charge in [-0.3, -0.25) is 4.68 Å². The van der Waals surface area contributed by atoms with Crippen LogP contribution in [0.15, 0.2) is 18.5 Å². The summed E-state index contributed by atoms with van der Waals surface area (Å²) in [4.78, 5) is 0. The highest BCUT2D eigenvalue weighted by molar-refractivity contribution is 7.80. The minimum Gasteiger partial charge on any atom is -0.275 e. The van der Waals surface area contributed by atoms with Gasteiger partial charge in [0.15, 0.2) is 0 Å². The maximum Gasteiger partial charge on any atom is 0.0562 e. The van der Waals surface area contributed by atoms with Crippen LogP contribution < -0.4 is 0 Å². The molecule has 0 unspecified atom stereocenters. The van der Waals surface area contributed by atoms with Crippen LogP contribution in [0.25, 0.3) is 6.08 Å². The van der Waals surface area contributed by atoms with Gasteiger partial charge in [0.2, 0.25) is 0 Å². The normalized spacial score (nSPS) is 11.0. The highest BCUT2D eigenvalue weighted by Gasteiger charge is 1.86. The Kier molecular flexibility index (Phi) is 2.57. The van der Waals surface area contributed by atoms with Crippen LogP contribution in [0.5, 0.6) is 0 Å². The van der Waals surface area contributed by atoms with Gasteiger partial charge in [0.05, 0.1) is 6.20 Å². The summed E-state index contributed by atoms with van der Waals surface area (Å²) in [6.07, 6.45) is 7.76. The van der Waals surface area contributed by atoms with Crippen molar-refractivity contribution in [2.24, 2.45) is 7.05 Å². The molecule has 0 radical (unpaired) electrons. The predicted molar refractivity (Wildman–Crippen MR) is 46.1 cm³/mol. The van der Waals surface area contributed by atoms with Gasteiger partial charge in [-0.15, -0.1) is 0 Å². The predicted octanol–water partition coefficient (Wildman–Crippen LogP) is 1.36. The monoisotopic (exact) mass is 154 g/mol. The Balaban J connectivity index is 2.67. The Morgan fingerprint density at radius 3 is 3.10 bits per heavy atom. The lowest BCUT2D eigenvalue weighted by Gasteiger charge is -1.81. The molecular weight excluding hydrogens is 144 g/mol. The smallest absolute Gasteiger partial charge is 0.0562 e. The zero-order chi connectivity index (χ0) is 7.40. The Morgan fingerprint density at radius 1 is 1.80 bits per heavy atom. The summed E-state index contributed by atoms with van der Waals surface area (Å²) in [6, 6.07) is 0. The molecule has 1 heterocycles. The molecule has 3 heteroatoms. The minimum atomic E-state index is 0.773. The van der Waals surface area contributed by atoms with Crippen LogP contribution in [0.1, 0.15) is 5.56 Å². The topological polar surface area (TPSA) is 17.8 Å². The molecule has 0 atom stereocenters. The van der Waals surface area contributed by atoms with Gasteiger partial charge in [-0.05, 0) is 0 Å². The molecule has 54 valence electrons. The van der Waals surface area contributed by atoms with Gasteiger partial charge in [0.25, 0.3) is 0 Å².